The zero-order valence-corrected chi connectivity index (χ0v) is 15.5. The second-order valence-corrected chi connectivity index (χ2v) is 6.85. The molecule has 1 heterocycles. The van der Waals surface area contributed by atoms with Gasteiger partial charge in [-0.2, -0.15) is 0 Å². The molecule has 26 heavy (non-hydrogen) atoms. The van der Waals surface area contributed by atoms with Crippen LogP contribution >= 0.6 is 15.9 Å². The summed E-state index contributed by atoms with van der Waals surface area (Å²) in [6, 6.07) is 25.3. The van der Waals surface area contributed by atoms with Gasteiger partial charge in [-0.15, -0.1) is 0 Å². The van der Waals surface area contributed by atoms with Crippen LogP contribution in [-0.2, 0) is 11.3 Å². The molecular weight excluding hydrogens is 390 g/mol. The molecule has 0 spiro atoms. The van der Waals surface area contributed by atoms with Crippen molar-refractivity contribution < 1.29 is 4.79 Å². The number of aromatic nitrogens is 2. The molecule has 5 heteroatoms. The van der Waals surface area contributed by atoms with E-state index in [4.69, 9.17) is 4.98 Å². The fraction of sp³-hybridized carbons (Fsp3) is 0.0476. The lowest BCUT2D eigenvalue weighted by atomic mass is 10.2. The molecule has 0 saturated heterocycles. The van der Waals surface area contributed by atoms with Gasteiger partial charge in [-0.05, 0) is 36.4 Å². The molecule has 4 aromatic rings. The van der Waals surface area contributed by atoms with Gasteiger partial charge in [0.05, 0.1) is 11.0 Å². The predicted octanol–water partition coefficient (Wildman–Crippen LogP) is 5.10. The zero-order valence-electron chi connectivity index (χ0n) is 13.9. The minimum atomic E-state index is -0.0874. The molecule has 0 aliphatic carbocycles. The summed E-state index contributed by atoms with van der Waals surface area (Å²) in [5.41, 5.74) is 3.55. The molecule has 0 saturated carbocycles. The van der Waals surface area contributed by atoms with Crippen LogP contribution in [-0.4, -0.2) is 15.5 Å². The van der Waals surface area contributed by atoms with Crippen LogP contribution in [0.4, 0.5) is 5.69 Å². The van der Waals surface area contributed by atoms with Crippen molar-refractivity contribution in [2.75, 3.05) is 5.32 Å². The molecule has 0 aliphatic rings. The van der Waals surface area contributed by atoms with Crippen LogP contribution in [0, 0.1) is 0 Å². The summed E-state index contributed by atoms with van der Waals surface area (Å²) >= 11 is 3.51. The van der Waals surface area contributed by atoms with Gasteiger partial charge in [-0.3, -0.25) is 4.79 Å². The van der Waals surface area contributed by atoms with Crippen molar-refractivity contribution in [1.29, 1.82) is 0 Å². The SMILES string of the molecule is O=C(Cn1c(-c2cccc(Br)c2)nc2ccccc21)Nc1ccccc1. The maximum absolute atomic E-state index is 12.6. The number of hydrogen-bond donors (Lipinski definition) is 1. The number of carbonyl (C=O) groups is 1. The highest BCUT2D eigenvalue weighted by atomic mass is 79.9. The maximum Gasteiger partial charge on any atom is 0.244 e. The first-order valence-corrected chi connectivity index (χ1v) is 9.06. The van der Waals surface area contributed by atoms with Crippen LogP contribution in [0.3, 0.4) is 0 Å². The monoisotopic (exact) mass is 405 g/mol. The summed E-state index contributed by atoms with van der Waals surface area (Å²) in [4.78, 5) is 17.4. The number of imidazole rings is 1. The Bertz CT molecular complexity index is 1070. The van der Waals surface area contributed by atoms with Crippen LogP contribution in [0.15, 0.2) is 83.3 Å². The Labute approximate surface area is 159 Å². The van der Waals surface area contributed by atoms with E-state index in [1.165, 1.54) is 0 Å². The van der Waals surface area contributed by atoms with Gasteiger partial charge in [0.15, 0.2) is 0 Å². The Morgan fingerprint density at radius 3 is 2.54 bits per heavy atom. The van der Waals surface area contributed by atoms with Crippen molar-refractivity contribution >= 4 is 38.6 Å². The van der Waals surface area contributed by atoms with Gasteiger partial charge >= 0.3 is 0 Å². The molecular formula is C21H16BrN3O. The molecule has 1 aromatic heterocycles. The second kappa shape index (κ2) is 7.14. The first-order chi connectivity index (χ1) is 12.7. The fourth-order valence-electron chi connectivity index (χ4n) is 2.95. The van der Waals surface area contributed by atoms with Crippen molar-refractivity contribution in [1.82, 2.24) is 9.55 Å². The molecule has 0 bridgehead atoms. The zero-order chi connectivity index (χ0) is 17.9. The van der Waals surface area contributed by atoms with Gasteiger partial charge in [0, 0.05) is 15.7 Å². The summed E-state index contributed by atoms with van der Waals surface area (Å²) < 4.78 is 2.93. The minimum absolute atomic E-state index is 0.0874. The largest absolute Gasteiger partial charge is 0.325 e. The average Bonchev–Trinajstić information content (AvgIpc) is 3.01. The summed E-state index contributed by atoms with van der Waals surface area (Å²) in [6.07, 6.45) is 0. The number of para-hydroxylation sites is 3. The van der Waals surface area contributed by atoms with E-state index in [1.807, 2.05) is 83.4 Å². The van der Waals surface area contributed by atoms with Crippen LogP contribution in [0.25, 0.3) is 22.4 Å². The predicted molar refractivity (Wildman–Crippen MR) is 108 cm³/mol. The number of nitrogens with one attached hydrogen (secondary N) is 1. The molecule has 4 nitrogen and oxygen atoms in total. The van der Waals surface area contributed by atoms with E-state index < -0.39 is 0 Å². The molecule has 0 unspecified atom stereocenters. The fourth-order valence-corrected chi connectivity index (χ4v) is 3.35. The topological polar surface area (TPSA) is 46.9 Å². The van der Waals surface area contributed by atoms with Crippen LogP contribution < -0.4 is 5.32 Å². The van der Waals surface area contributed by atoms with Crippen molar-refractivity contribution in [3.05, 3.63) is 83.3 Å². The maximum atomic E-state index is 12.6. The van der Waals surface area contributed by atoms with Gasteiger partial charge in [0.1, 0.15) is 12.4 Å². The van der Waals surface area contributed by atoms with E-state index in [2.05, 4.69) is 21.2 Å². The van der Waals surface area contributed by atoms with E-state index in [0.717, 1.165) is 32.6 Å². The Hall–Kier alpha value is -2.92. The molecule has 0 fully saturated rings. The molecule has 128 valence electrons. The number of rotatable bonds is 4. The van der Waals surface area contributed by atoms with E-state index >= 15 is 0 Å². The van der Waals surface area contributed by atoms with Crippen molar-refractivity contribution in [2.24, 2.45) is 0 Å². The summed E-state index contributed by atoms with van der Waals surface area (Å²) in [7, 11) is 0. The Morgan fingerprint density at radius 2 is 1.73 bits per heavy atom. The Morgan fingerprint density at radius 1 is 0.962 bits per heavy atom. The lowest BCUT2D eigenvalue weighted by Gasteiger charge is -2.10. The number of anilines is 1. The third-order valence-corrected chi connectivity index (χ3v) is 4.59. The molecule has 3 aromatic carbocycles. The van der Waals surface area contributed by atoms with E-state index in [1.54, 1.807) is 0 Å². The lowest BCUT2D eigenvalue weighted by Crippen LogP contribution is -2.19. The number of benzene rings is 3. The van der Waals surface area contributed by atoms with Crippen molar-refractivity contribution in [3.63, 3.8) is 0 Å². The highest BCUT2D eigenvalue weighted by Crippen LogP contribution is 2.27. The number of fused-ring (bicyclic) bond motifs is 1. The summed E-state index contributed by atoms with van der Waals surface area (Å²) in [5.74, 6) is 0.686. The second-order valence-electron chi connectivity index (χ2n) is 5.93. The number of amides is 1. The van der Waals surface area contributed by atoms with Crippen LogP contribution in [0.5, 0.6) is 0 Å². The summed E-state index contributed by atoms with van der Waals surface area (Å²) in [6.45, 7) is 0.192. The van der Waals surface area contributed by atoms with Crippen LogP contribution in [0.1, 0.15) is 0 Å². The molecule has 1 amide bonds. The Kier molecular flexibility index (Phi) is 4.54. The van der Waals surface area contributed by atoms with Gasteiger partial charge < -0.3 is 9.88 Å². The number of carbonyl (C=O) groups excluding carboxylic acids is 1. The first kappa shape index (κ1) is 16.5. The number of nitrogens with zero attached hydrogens (tertiary/aromatic N) is 2. The highest BCUT2D eigenvalue weighted by Gasteiger charge is 2.15. The normalized spacial score (nSPS) is 10.8. The van der Waals surface area contributed by atoms with Crippen molar-refractivity contribution in [2.45, 2.75) is 6.54 Å². The highest BCUT2D eigenvalue weighted by molar-refractivity contribution is 9.10. The molecule has 1 N–H and O–H groups in total. The minimum Gasteiger partial charge on any atom is -0.325 e. The summed E-state index contributed by atoms with van der Waals surface area (Å²) in [5, 5.41) is 2.94. The van der Waals surface area contributed by atoms with Gasteiger partial charge in [0.25, 0.3) is 0 Å². The van der Waals surface area contributed by atoms with Crippen LogP contribution in [0.2, 0.25) is 0 Å². The first-order valence-electron chi connectivity index (χ1n) is 8.27. The molecule has 4 rings (SSSR count). The van der Waals surface area contributed by atoms with E-state index in [9.17, 15) is 4.79 Å². The third kappa shape index (κ3) is 3.39. The molecule has 0 radical (unpaired) electrons. The van der Waals surface area contributed by atoms with E-state index in [0.29, 0.717) is 0 Å². The van der Waals surface area contributed by atoms with Crippen molar-refractivity contribution in [3.8, 4) is 11.4 Å². The Balaban J connectivity index is 1.73. The van der Waals surface area contributed by atoms with E-state index in [-0.39, 0.29) is 12.5 Å². The van der Waals surface area contributed by atoms with Gasteiger partial charge in [-0.1, -0.05) is 58.4 Å². The van der Waals surface area contributed by atoms with Gasteiger partial charge in [0.2, 0.25) is 5.91 Å². The molecule has 0 atom stereocenters. The molecule has 0 aliphatic heterocycles. The van der Waals surface area contributed by atoms with Gasteiger partial charge in [-0.25, -0.2) is 4.98 Å². The average molecular weight is 406 g/mol. The smallest absolute Gasteiger partial charge is 0.244 e. The standard InChI is InChI=1S/C21H16BrN3O/c22-16-8-6-7-15(13-16)21-24-18-11-4-5-12-19(18)25(21)14-20(26)23-17-9-2-1-3-10-17/h1-13H,14H2,(H,23,26). The quantitative estimate of drug-likeness (QED) is 0.512. The number of hydrogen-bond acceptors (Lipinski definition) is 2. The lowest BCUT2D eigenvalue weighted by molar-refractivity contribution is -0.116. The third-order valence-electron chi connectivity index (χ3n) is 4.10. The number of halogens is 1.